The van der Waals surface area contributed by atoms with E-state index in [0.717, 1.165) is 25.2 Å². The van der Waals surface area contributed by atoms with Gasteiger partial charge < -0.3 is 4.57 Å². The third kappa shape index (κ3) is 0.881. The third-order valence-electron chi connectivity index (χ3n) is 1.89. The quantitative estimate of drug-likeness (QED) is 0.653. The molecule has 4 heteroatoms. The van der Waals surface area contributed by atoms with E-state index >= 15 is 0 Å². The number of nitrogens with zero attached hydrogens (tertiary/aromatic N) is 3. The molecule has 0 unspecified atom stereocenters. The lowest BCUT2D eigenvalue weighted by Crippen LogP contribution is -1.95. The maximum Gasteiger partial charge on any atom is 0.154 e. The molecular weight excluding hydrogens is 206 g/mol. The molecule has 0 saturated heterocycles. The van der Waals surface area contributed by atoms with E-state index in [1.807, 2.05) is 4.57 Å². The summed E-state index contributed by atoms with van der Waals surface area (Å²) >= 11 is 3.25. The van der Waals surface area contributed by atoms with Crippen LogP contribution in [0, 0.1) is 11.3 Å². The molecule has 11 heavy (non-hydrogen) atoms. The van der Waals surface area contributed by atoms with Gasteiger partial charge in [-0.3, -0.25) is 0 Å². The van der Waals surface area contributed by atoms with E-state index in [2.05, 4.69) is 27.0 Å². The molecule has 0 aromatic carbocycles. The summed E-state index contributed by atoms with van der Waals surface area (Å²) in [6, 6.07) is 2.13. The summed E-state index contributed by atoms with van der Waals surface area (Å²) in [5, 5.41) is 8.73. The Morgan fingerprint density at radius 3 is 3.18 bits per heavy atom. The SMILES string of the molecule is N#Cc1c(Br)nc2n1CCC2. The van der Waals surface area contributed by atoms with Crippen molar-refractivity contribution in [1.29, 1.82) is 5.26 Å². The van der Waals surface area contributed by atoms with Crippen LogP contribution in [0.4, 0.5) is 0 Å². The zero-order valence-corrected chi connectivity index (χ0v) is 7.43. The number of rotatable bonds is 0. The fourth-order valence-corrected chi connectivity index (χ4v) is 1.91. The Balaban J connectivity index is 2.63. The summed E-state index contributed by atoms with van der Waals surface area (Å²) in [4.78, 5) is 4.22. The Bertz CT molecular complexity index is 334. The Morgan fingerprint density at radius 2 is 2.45 bits per heavy atom. The summed E-state index contributed by atoms with van der Waals surface area (Å²) < 4.78 is 2.67. The molecule has 0 aliphatic carbocycles. The van der Waals surface area contributed by atoms with Gasteiger partial charge in [-0.2, -0.15) is 5.26 Å². The first-order chi connectivity index (χ1) is 5.33. The van der Waals surface area contributed by atoms with Gasteiger partial charge in [-0.25, -0.2) is 4.98 Å². The molecule has 0 bridgehead atoms. The minimum Gasteiger partial charge on any atom is -0.319 e. The molecule has 0 atom stereocenters. The van der Waals surface area contributed by atoms with E-state index in [9.17, 15) is 0 Å². The monoisotopic (exact) mass is 211 g/mol. The zero-order valence-electron chi connectivity index (χ0n) is 5.84. The molecule has 2 heterocycles. The van der Waals surface area contributed by atoms with Gasteiger partial charge >= 0.3 is 0 Å². The van der Waals surface area contributed by atoms with E-state index in [1.165, 1.54) is 0 Å². The molecule has 1 aromatic rings. The van der Waals surface area contributed by atoms with Crippen LogP contribution >= 0.6 is 15.9 Å². The highest BCUT2D eigenvalue weighted by Crippen LogP contribution is 2.22. The van der Waals surface area contributed by atoms with Crippen LogP contribution in [0.2, 0.25) is 0 Å². The van der Waals surface area contributed by atoms with Crippen molar-refractivity contribution in [2.75, 3.05) is 0 Å². The number of hydrogen-bond acceptors (Lipinski definition) is 2. The second-order valence-corrected chi connectivity index (χ2v) is 3.29. The topological polar surface area (TPSA) is 41.6 Å². The lowest BCUT2D eigenvalue weighted by Gasteiger charge is -1.93. The molecule has 1 aliphatic rings. The third-order valence-corrected chi connectivity index (χ3v) is 2.45. The summed E-state index contributed by atoms with van der Waals surface area (Å²) in [7, 11) is 0. The van der Waals surface area contributed by atoms with Crippen LogP contribution < -0.4 is 0 Å². The molecule has 1 aromatic heterocycles. The first-order valence-corrected chi connectivity index (χ1v) is 4.27. The van der Waals surface area contributed by atoms with Crippen LogP contribution in [-0.4, -0.2) is 9.55 Å². The molecular formula is C7H6BrN3. The number of aromatic nitrogens is 2. The van der Waals surface area contributed by atoms with Crippen molar-refractivity contribution in [2.45, 2.75) is 19.4 Å². The standard InChI is InChI=1S/C7H6BrN3/c8-7-5(4-9)11-3-1-2-6(11)10-7/h1-3H2. The average molecular weight is 212 g/mol. The predicted octanol–water partition coefficient (Wildman–Crippen LogP) is 1.46. The first-order valence-electron chi connectivity index (χ1n) is 3.48. The molecule has 2 rings (SSSR count). The number of halogens is 1. The van der Waals surface area contributed by atoms with Gasteiger partial charge in [-0.15, -0.1) is 0 Å². The van der Waals surface area contributed by atoms with Gasteiger partial charge in [0.05, 0.1) is 0 Å². The molecule has 0 N–H and O–H groups in total. The molecule has 56 valence electrons. The highest BCUT2D eigenvalue weighted by atomic mass is 79.9. The Labute approximate surface area is 72.8 Å². The van der Waals surface area contributed by atoms with Crippen molar-refractivity contribution >= 4 is 15.9 Å². The molecule has 3 nitrogen and oxygen atoms in total. The zero-order chi connectivity index (χ0) is 7.84. The van der Waals surface area contributed by atoms with Gasteiger partial charge in [-0.05, 0) is 22.4 Å². The van der Waals surface area contributed by atoms with Crippen LogP contribution in [0.3, 0.4) is 0 Å². The van der Waals surface area contributed by atoms with E-state index in [1.54, 1.807) is 0 Å². The fourth-order valence-electron chi connectivity index (χ4n) is 1.40. The first kappa shape index (κ1) is 6.86. The van der Waals surface area contributed by atoms with Crippen LogP contribution in [0.5, 0.6) is 0 Å². The second-order valence-electron chi connectivity index (χ2n) is 2.53. The summed E-state index contributed by atoms with van der Waals surface area (Å²) in [5.41, 5.74) is 0.664. The largest absolute Gasteiger partial charge is 0.319 e. The number of aryl methyl sites for hydroxylation is 1. The van der Waals surface area contributed by atoms with Crippen LogP contribution in [-0.2, 0) is 13.0 Å². The average Bonchev–Trinajstić information content (AvgIpc) is 2.46. The number of imidazole rings is 1. The van der Waals surface area contributed by atoms with E-state index in [-0.39, 0.29) is 0 Å². The Hall–Kier alpha value is -0.820. The second kappa shape index (κ2) is 2.35. The summed E-state index contributed by atoms with van der Waals surface area (Å²) in [6.07, 6.45) is 2.12. The van der Waals surface area contributed by atoms with Crippen molar-refractivity contribution in [1.82, 2.24) is 9.55 Å². The predicted molar refractivity (Wildman–Crippen MR) is 43.0 cm³/mol. The lowest BCUT2D eigenvalue weighted by molar-refractivity contribution is 0.740. The number of nitriles is 1. The highest BCUT2D eigenvalue weighted by Gasteiger charge is 2.18. The van der Waals surface area contributed by atoms with Gasteiger partial charge in [-0.1, -0.05) is 0 Å². The smallest absolute Gasteiger partial charge is 0.154 e. The van der Waals surface area contributed by atoms with Crippen molar-refractivity contribution in [2.24, 2.45) is 0 Å². The van der Waals surface area contributed by atoms with Gasteiger partial charge in [0.1, 0.15) is 16.5 Å². The van der Waals surface area contributed by atoms with E-state index < -0.39 is 0 Å². The fraction of sp³-hybridized carbons (Fsp3) is 0.429. The van der Waals surface area contributed by atoms with Gasteiger partial charge in [0.2, 0.25) is 0 Å². The van der Waals surface area contributed by atoms with Gasteiger partial charge in [0.15, 0.2) is 5.69 Å². The van der Waals surface area contributed by atoms with Crippen LogP contribution in [0.15, 0.2) is 4.60 Å². The molecule has 0 saturated carbocycles. The summed E-state index contributed by atoms with van der Waals surface area (Å²) in [5.74, 6) is 1.04. The number of fused-ring (bicyclic) bond motifs is 1. The van der Waals surface area contributed by atoms with Crippen molar-refractivity contribution in [3.63, 3.8) is 0 Å². The minimum absolute atomic E-state index is 0.664. The van der Waals surface area contributed by atoms with Crippen molar-refractivity contribution < 1.29 is 0 Å². The van der Waals surface area contributed by atoms with Crippen molar-refractivity contribution in [3.05, 3.63) is 16.1 Å². The molecule has 0 radical (unpaired) electrons. The summed E-state index contributed by atoms with van der Waals surface area (Å²) in [6.45, 7) is 0.941. The Kier molecular flexibility index (Phi) is 1.46. The molecule has 0 spiro atoms. The maximum absolute atomic E-state index is 8.73. The highest BCUT2D eigenvalue weighted by molar-refractivity contribution is 9.10. The van der Waals surface area contributed by atoms with Crippen LogP contribution in [0.1, 0.15) is 17.9 Å². The van der Waals surface area contributed by atoms with E-state index in [0.29, 0.717) is 10.3 Å². The molecule has 0 amide bonds. The number of hydrogen-bond donors (Lipinski definition) is 0. The van der Waals surface area contributed by atoms with Crippen molar-refractivity contribution in [3.8, 4) is 6.07 Å². The van der Waals surface area contributed by atoms with Gasteiger partial charge in [0.25, 0.3) is 0 Å². The minimum atomic E-state index is 0.664. The maximum atomic E-state index is 8.73. The normalized spacial score (nSPS) is 14.5. The van der Waals surface area contributed by atoms with Crippen LogP contribution in [0.25, 0.3) is 0 Å². The Morgan fingerprint density at radius 1 is 1.64 bits per heavy atom. The van der Waals surface area contributed by atoms with Gasteiger partial charge in [0, 0.05) is 13.0 Å². The molecule has 1 aliphatic heterocycles. The molecule has 0 fully saturated rings. The lowest BCUT2D eigenvalue weighted by atomic mass is 10.4. The van der Waals surface area contributed by atoms with E-state index in [4.69, 9.17) is 5.26 Å².